The summed E-state index contributed by atoms with van der Waals surface area (Å²) in [5.74, 6) is -2.24. The normalized spacial score (nSPS) is 15.3. The third-order valence-corrected chi connectivity index (χ3v) is 5.62. The van der Waals surface area contributed by atoms with Crippen molar-refractivity contribution in [2.45, 2.75) is 6.17 Å². The average Bonchev–Trinajstić information content (AvgIpc) is 2.86. The molecule has 2 aromatic carbocycles. The van der Waals surface area contributed by atoms with Crippen LogP contribution in [0.3, 0.4) is 0 Å². The SMILES string of the molecule is O=C(NC1N=C(c2c(Cl)cc(Cl)cc2Cl)c2ccccc2NC1=O)c1cc(F)cnc1Cl. The summed E-state index contributed by atoms with van der Waals surface area (Å²) in [4.78, 5) is 33.6. The minimum atomic E-state index is -1.41. The van der Waals surface area contributed by atoms with E-state index in [1.165, 1.54) is 12.1 Å². The van der Waals surface area contributed by atoms with Crippen LogP contribution in [0, 0.1) is 5.82 Å². The number of nitrogens with one attached hydrogen (secondary N) is 2. The van der Waals surface area contributed by atoms with Crippen LogP contribution >= 0.6 is 46.4 Å². The highest BCUT2D eigenvalue weighted by Gasteiger charge is 2.29. The van der Waals surface area contributed by atoms with Gasteiger partial charge in [-0.25, -0.2) is 14.4 Å². The molecule has 162 valence electrons. The quantitative estimate of drug-likeness (QED) is 0.463. The lowest BCUT2D eigenvalue weighted by Crippen LogP contribution is -2.42. The minimum absolute atomic E-state index is 0.202. The van der Waals surface area contributed by atoms with Gasteiger partial charge in [0.1, 0.15) is 11.0 Å². The molecule has 32 heavy (non-hydrogen) atoms. The highest BCUT2D eigenvalue weighted by molar-refractivity contribution is 6.44. The van der Waals surface area contributed by atoms with Gasteiger partial charge in [-0.2, -0.15) is 0 Å². The van der Waals surface area contributed by atoms with Gasteiger partial charge in [-0.05, 0) is 24.3 Å². The summed E-state index contributed by atoms with van der Waals surface area (Å²) in [6, 6.07) is 10.7. The fourth-order valence-corrected chi connectivity index (χ4v) is 4.29. The van der Waals surface area contributed by atoms with E-state index in [9.17, 15) is 14.0 Å². The Kier molecular flexibility index (Phi) is 6.35. The molecule has 0 bridgehead atoms. The number of carbonyl (C=O) groups is 2. The Bertz CT molecular complexity index is 1280. The Morgan fingerprint density at radius 3 is 2.47 bits per heavy atom. The topological polar surface area (TPSA) is 83.5 Å². The number of amides is 2. The Labute approximate surface area is 201 Å². The molecule has 1 atom stereocenters. The second kappa shape index (κ2) is 9.03. The molecule has 0 spiro atoms. The van der Waals surface area contributed by atoms with E-state index >= 15 is 0 Å². The fraction of sp³-hybridized carbons (Fsp3) is 0.0476. The van der Waals surface area contributed by atoms with Crippen molar-refractivity contribution < 1.29 is 14.0 Å². The van der Waals surface area contributed by atoms with E-state index in [2.05, 4.69) is 20.6 Å². The van der Waals surface area contributed by atoms with Gasteiger partial charge in [0.25, 0.3) is 11.8 Å². The van der Waals surface area contributed by atoms with Crippen molar-refractivity contribution in [3.05, 3.63) is 91.4 Å². The molecule has 0 saturated carbocycles. The zero-order chi connectivity index (χ0) is 23.0. The van der Waals surface area contributed by atoms with Crippen molar-refractivity contribution in [2.75, 3.05) is 5.32 Å². The number of pyridine rings is 1. The number of carbonyl (C=O) groups excluding carboxylic acids is 2. The zero-order valence-corrected chi connectivity index (χ0v) is 18.8. The number of nitrogens with zero attached hydrogens (tertiary/aromatic N) is 2. The lowest BCUT2D eigenvalue weighted by atomic mass is 10.0. The number of aliphatic imine (C=N–C) groups is 1. The van der Waals surface area contributed by atoms with E-state index in [0.717, 1.165) is 12.3 Å². The molecule has 2 heterocycles. The smallest absolute Gasteiger partial charge is 0.269 e. The molecule has 6 nitrogen and oxygen atoms in total. The minimum Gasteiger partial charge on any atom is -0.322 e. The first-order valence-electron chi connectivity index (χ1n) is 8.99. The Morgan fingerprint density at radius 2 is 1.75 bits per heavy atom. The molecule has 1 aliphatic rings. The van der Waals surface area contributed by atoms with Crippen LogP contribution in [-0.4, -0.2) is 28.7 Å². The maximum Gasteiger partial charge on any atom is 0.269 e. The summed E-state index contributed by atoms with van der Waals surface area (Å²) in [5, 5.41) is 5.63. The van der Waals surface area contributed by atoms with Crippen LogP contribution in [0.15, 0.2) is 53.7 Å². The first kappa shape index (κ1) is 22.5. The molecule has 2 amide bonds. The third kappa shape index (κ3) is 4.42. The van der Waals surface area contributed by atoms with E-state index < -0.39 is 23.8 Å². The van der Waals surface area contributed by atoms with E-state index in [-0.39, 0.29) is 26.5 Å². The van der Waals surface area contributed by atoms with Crippen molar-refractivity contribution in [3.8, 4) is 0 Å². The Balaban J connectivity index is 1.83. The predicted molar refractivity (Wildman–Crippen MR) is 123 cm³/mol. The number of benzodiazepines with no additional fused rings is 1. The number of anilines is 1. The van der Waals surface area contributed by atoms with Gasteiger partial charge in [0.15, 0.2) is 0 Å². The molecule has 3 aromatic rings. The highest BCUT2D eigenvalue weighted by Crippen LogP contribution is 2.34. The number of aromatic nitrogens is 1. The third-order valence-electron chi connectivity index (χ3n) is 4.51. The van der Waals surface area contributed by atoms with Gasteiger partial charge in [-0.1, -0.05) is 64.6 Å². The second-order valence-electron chi connectivity index (χ2n) is 6.62. The Hall–Kier alpha value is -2.71. The summed E-state index contributed by atoms with van der Waals surface area (Å²) in [5.41, 5.74) is 1.28. The van der Waals surface area contributed by atoms with E-state index in [4.69, 9.17) is 46.4 Å². The molecule has 0 aliphatic carbocycles. The van der Waals surface area contributed by atoms with Gasteiger partial charge in [0, 0.05) is 16.1 Å². The lowest BCUT2D eigenvalue weighted by Gasteiger charge is -2.15. The van der Waals surface area contributed by atoms with Crippen LogP contribution in [0.4, 0.5) is 10.1 Å². The summed E-state index contributed by atoms with van der Waals surface area (Å²) < 4.78 is 13.6. The van der Waals surface area contributed by atoms with Crippen LogP contribution in [0.1, 0.15) is 21.5 Å². The first-order valence-corrected chi connectivity index (χ1v) is 10.5. The van der Waals surface area contributed by atoms with Gasteiger partial charge in [-0.15, -0.1) is 0 Å². The van der Waals surface area contributed by atoms with Crippen molar-refractivity contribution >= 4 is 69.6 Å². The molecule has 0 saturated heterocycles. The largest absolute Gasteiger partial charge is 0.322 e. The number of halogens is 5. The highest BCUT2D eigenvalue weighted by atomic mass is 35.5. The Morgan fingerprint density at radius 1 is 1.06 bits per heavy atom. The zero-order valence-electron chi connectivity index (χ0n) is 15.8. The number of fused-ring (bicyclic) bond motifs is 1. The standard InChI is InChI=1S/C21H11Cl4FN4O2/c22-9-5-13(23)16(14(24)6-9)17-11-3-1-2-4-15(11)28-21(32)19(29-17)30-20(31)12-7-10(26)8-27-18(12)25/h1-8,19H,(H,28,32)(H,30,31). The fourth-order valence-electron chi connectivity index (χ4n) is 3.11. The van der Waals surface area contributed by atoms with Gasteiger partial charge in [-0.3, -0.25) is 9.59 Å². The molecule has 1 aliphatic heterocycles. The lowest BCUT2D eigenvalue weighted by molar-refractivity contribution is -0.117. The number of hydrogen-bond acceptors (Lipinski definition) is 4. The number of benzene rings is 2. The van der Waals surface area contributed by atoms with Crippen molar-refractivity contribution in [2.24, 2.45) is 4.99 Å². The molecular weight excluding hydrogens is 501 g/mol. The van der Waals surface area contributed by atoms with Crippen LogP contribution in [0.25, 0.3) is 0 Å². The number of rotatable bonds is 3. The summed E-state index contributed by atoms with van der Waals surface area (Å²) in [6.07, 6.45) is -0.540. The molecule has 0 fully saturated rings. The molecular formula is C21H11Cl4FN4O2. The molecule has 1 unspecified atom stereocenters. The number of para-hydroxylation sites is 1. The van der Waals surface area contributed by atoms with Gasteiger partial charge in [0.05, 0.1) is 33.2 Å². The summed E-state index contributed by atoms with van der Waals surface area (Å²) in [7, 11) is 0. The molecule has 1 aromatic heterocycles. The van der Waals surface area contributed by atoms with Crippen molar-refractivity contribution in [1.82, 2.24) is 10.3 Å². The van der Waals surface area contributed by atoms with E-state index in [1.54, 1.807) is 24.3 Å². The molecule has 11 heteroatoms. The van der Waals surface area contributed by atoms with Gasteiger partial charge < -0.3 is 10.6 Å². The predicted octanol–water partition coefficient (Wildman–Crippen LogP) is 5.38. The van der Waals surface area contributed by atoms with Gasteiger partial charge in [0.2, 0.25) is 6.17 Å². The van der Waals surface area contributed by atoms with E-state index in [1.807, 2.05) is 0 Å². The monoisotopic (exact) mass is 510 g/mol. The van der Waals surface area contributed by atoms with Crippen LogP contribution in [0.2, 0.25) is 20.2 Å². The molecule has 0 radical (unpaired) electrons. The second-order valence-corrected chi connectivity index (χ2v) is 8.23. The summed E-state index contributed by atoms with van der Waals surface area (Å²) >= 11 is 24.7. The van der Waals surface area contributed by atoms with Crippen LogP contribution in [-0.2, 0) is 4.79 Å². The summed E-state index contributed by atoms with van der Waals surface area (Å²) in [6.45, 7) is 0. The maximum absolute atomic E-state index is 13.6. The van der Waals surface area contributed by atoms with E-state index in [0.29, 0.717) is 21.8 Å². The molecule has 2 N–H and O–H groups in total. The van der Waals surface area contributed by atoms with Crippen LogP contribution in [0.5, 0.6) is 0 Å². The van der Waals surface area contributed by atoms with Crippen molar-refractivity contribution in [3.63, 3.8) is 0 Å². The maximum atomic E-state index is 13.6. The first-order chi connectivity index (χ1) is 15.2. The van der Waals surface area contributed by atoms with Crippen molar-refractivity contribution in [1.29, 1.82) is 0 Å². The van der Waals surface area contributed by atoms with Crippen LogP contribution < -0.4 is 10.6 Å². The molecule has 4 rings (SSSR count). The van der Waals surface area contributed by atoms with Gasteiger partial charge >= 0.3 is 0 Å². The average molecular weight is 512 g/mol. The number of hydrogen-bond donors (Lipinski definition) is 2.